The van der Waals surface area contributed by atoms with Gasteiger partial charge >= 0.3 is 0 Å². The quantitative estimate of drug-likeness (QED) is 0.867. The Morgan fingerprint density at radius 2 is 1.93 bits per heavy atom. The Morgan fingerprint density at radius 1 is 1.36 bits per heavy atom. The van der Waals surface area contributed by atoms with Gasteiger partial charge in [0.1, 0.15) is 0 Å². The number of aromatic hydroxyl groups is 1. The van der Waals surface area contributed by atoms with Crippen LogP contribution in [0.5, 0.6) is 5.75 Å². The summed E-state index contributed by atoms with van der Waals surface area (Å²) in [4.78, 5) is 0. The summed E-state index contributed by atoms with van der Waals surface area (Å²) in [5, 5.41) is 9.18. The van der Waals surface area contributed by atoms with Gasteiger partial charge < -0.3 is 10.8 Å². The zero-order valence-electron chi connectivity index (χ0n) is 6.85. The first-order chi connectivity index (χ1) is 6.45. The number of benzene rings is 1. The van der Waals surface area contributed by atoms with Crippen molar-refractivity contribution in [2.75, 3.05) is 0 Å². The van der Waals surface area contributed by atoms with Crippen LogP contribution in [0.15, 0.2) is 16.6 Å². The van der Waals surface area contributed by atoms with Crippen LogP contribution in [0.2, 0.25) is 0 Å². The van der Waals surface area contributed by atoms with Crippen LogP contribution in [-0.4, -0.2) is 11.5 Å². The molecule has 0 aliphatic rings. The summed E-state index contributed by atoms with van der Waals surface area (Å²) in [6, 6.07) is 0.466. The van der Waals surface area contributed by atoms with Crippen molar-refractivity contribution in [2.24, 2.45) is 5.73 Å². The van der Waals surface area contributed by atoms with Gasteiger partial charge in [-0.1, -0.05) is 15.9 Å². The predicted octanol–water partition coefficient (Wildman–Crippen LogP) is 2.56. The molecular weight excluding hydrogens is 263 g/mol. The molecule has 0 bridgehead atoms. The molecule has 1 atom stereocenters. The van der Waals surface area contributed by atoms with Gasteiger partial charge in [0, 0.05) is 10.0 Å². The summed E-state index contributed by atoms with van der Waals surface area (Å²) in [7, 11) is 0. The lowest BCUT2D eigenvalue weighted by atomic mass is 10.1. The highest BCUT2D eigenvalue weighted by molar-refractivity contribution is 9.10. The Balaban J connectivity index is 3.25. The number of phenols is 1. The first-order valence-corrected chi connectivity index (χ1v) is 4.45. The van der Waals surface area contributed by atoms with E-state index < -0.39 is 24.0 Å². The molecule has 0 spiro atoms. The lowest BCUT2D eigenvalue weighted by molar-refractivity contribution is 0.114. The fourth-order valence-electron chi connectivity index (χ4n) is 1.000. The van der Waals surface area contributed by atoms with Crippen LogP contribution in [-0.2, 0) is 0 Å². The molecular formula is C8H7BrF3NO. The second kappa shape index (κ2) is 4.18. The molecule has 78 valence electrons. The molecule has 0 radical (unpaired) electrons. The number of rotatable bonds is 2. The van der Waals surface area contributed by atoms with Crippen molar-refractivity contribution in [3.05, 3.63) is 28.0 Å². The summed E-state index contributed by atoms with van der Waals surface area (Å²) in [6.07, 6.45) is -2.86. The highest BCUT2D eigenvalue weighted by atomic mass is 79.9. The Morgan fingerprint density at radius 3 is 2.43 bits per heavy atom. The van der Waals surface area contributed by atoms with Crippen molar-refractivity contribution < 1.29 is 18.3 Å². The highest BCUT2D eigenvalue weighted by Gasteiger charge is 2.24. The molecule has 1 rings (SSSR count). The maximum atomic E-state index is 12.8. The van der Waals surface area contributed by atoms with E-state index in [9.17, 15) is 18.3 Å². The van der Waals surface area contributed by atoms with Crippen molar-refractivity contribution >= 4 is 15.9 Å². The maximum absolute atomic E-state index is 12.8. The van der Waals surface area contributed by atoms with Crippen LogP contribution in [0.1, 0.15) is 11.6 Å². The zero-order valence-corrected chi connectivity index (χ0v) is 8.43. The van der Waals surface area contributed by atoms with E-state index in [1.807, 2.05) is 0 Å². The van der Waals surface area contributed by atoms with E-state index in [1.54, 1.807) is 0 Å². The van der Waals surface area contributed by atoms with Gasteiger partial charge in [0.2, 0.25) is 0 Å². The third-order valence-electron chi connectivity index (χ3n) is 1.72. The Hall–Kier alpha value is -0.750. The van der Waals surface area contributed by atoms with Gasteiger partial charge in [-0.3, -0.25) is 0 Å². The predicted molar refractivity (Wildman–Crippen MR) is 48.7 cm³/mol. The minimum atomic E-state index is -2.86. The van der Waals surface area contributed by atoms with E-state index in [2.05, 4.69) is 15.9 Å². The average molecular weight is 270 g/mol. The summed E-state index contributed by atoms with van der Waals surface area (Å²) in [5.74, 6) is -1.81. The summed E-state index contributed by atoms with van der Waals surface area (Å²) < 4.78 is 37.4. The van der Waals surface area contributed by atoms with Gasteiger partial charge in [0.15, 0.2) is 11.6 Å². The second-order valence-corrected chi connectivity index (χ2v) is 3.51. The summed E-state index contributed by atoms with van der Waals surface area (Å²) >= 11 is 2.91. The third-order valence-corrected chi connectivity index (χ3v) is 2.41. The molecule has 1 aromatic rings. The van der Waals surface area contributed by atoms with Gasteiger partial charge in [-0.25, -0.2) is 13.2 Å². The van der Waals surface area contributed by atoms with Gasteiger partial charge in [-0.15, -0.1) is 0 Å². The highest BCUT2D eigenvalue weighted by Crippen LogP contribution is 2.35. The van der Waals surface area contributed by atoms with Crippen molar-refractivity contribution in [1.82, 2.24) is 0 Å². The Bertz CT molecular complexity index is 346. The van der Waals surface area contributed by atoms with Crippen LogP contribution in [0.4, 0.5) is 13.2 Å². The van der Waals surface area contributed by atoms with Crippen molar-refractivity contribution in [1.29, 1.82) is 0 Å². The van der Waals surface area contributed by atoms with E-state index in [4.69, 9.17) is 5.73 Å². The van der Waals surface area contributed by atoms with Crippen LogP contribution in [0.25, 0.3) is 0 Å². The third kappa shape index (κ3) is 2.01. The molecule has 0 amide bonds. The molecule has 6 heteroatoms. The zero-order chi connectivity index (χ0) is 10.9. The average Bonchev–Trinajstić information content (AvgIpc) is 2.12. The standard InChI is InChI=1S/C8H7BrF3NO/c9-3-1-2-4(10)7(14)5(3)6(13)8(11)12/h1-2,6,8,14H,13H2/t6-/m1/s1. The minimum absolute atomic E-state index is 0.157. The van der Waals surface area contributed by atoms with Gasteiger partial charge in [-0.05, 0) is 12.1 Å². The van der Waals surface area contributed by atoms with E-state index in [-0.39, 0.29) is 10.0 Å². The molecule has 2 nitrogen and oxygen atoms in total. The first kappa shape index (κ1) is 11.3. The molecule has 1 aromatic carbocycles. The molecule has 0 saturated heterocycles. The van der Waals surface area contributed by atoms with E-state index in [0.717, 1.165) is 6.07 Å². The van der Waals surface area contributed by atoms with Crippen molar-refractivity contribution in [3.63, 3.8) is 0 Å². The lowest BCUT2D eigenvalue weighted by Gasteiger charge is -2.14. The van der Waals surface area contributed by atoms with Crippen LogP contribution in [0, 0.1) is 5.82 Å². The topological polar surface area (TPSA) is 46.2 Å². The SMILES string of the molecule is N[C@H](c1c(Br)ccc(F)c1O)C(F)F. The normalized spacial score (nSPS) is 13.3. The van der Waals surface area contributed by atoms with Crippen LogP contribution < -0.4 is 5.73 Å². The largest absolute Gasteiger partial charge is 0.505 e. The minimum Gasteiger partial charge on any atom is -0.505 e. The number of phenolic OH excluding ortho intramolecular Hbond substituents is 1. The fourth-order valence-corrected chi connectivity index (χ4v) is 1.58. The van der Waals surface area contributed by atoms with E-state index >= 15 is 0 Å². The molecule has 14 heavy (non-hydrogen) atoms. The fraction of sp³-hybridized carbons (Fsp3) is 0.250. The van der Waals surface area contributed by atoms with Gasteiger partial charge in [-0.2, -0.15) is 0 Å². The Labute approximate surface area is 86.7 Å². The Kier molecular flexibility index (Phi) is 3.38. The molecule has 0 fully saturated rings. The molecule has 0 aliphatic heterocycles. The number of nitrogens with two attached hydrogens (primary N) is 1. The summed E-state index contributed by atoms with van der Waals surface area (Å²) in [5.41, 5.74) is 4.78. The first-order valence-electron chi connectivity index (χ1n) is 3.65. The molecule has 0 aromatic heterocycles. The van der Waals surface area contributed by atoms with Crippen LogP contribution >= 0.6 is 15.9 Å². The summed E-state index contributed by atoms with van der Waals surface area (Å²) in [6.45, 7) is 0. The number of halogens is 4. The molecule has 0 heterocycles. The van der Waals surface area contributed by atoms with E-state index in [0.29, 0.717) is 0 Å². The van der Waals surface area contributed by atoms with Crippen molar-refractivity contribution in [3.8, 4) is 5.75 Å². The molecule has 3 N–H and O–H groups in total. The number of alkyl halides is 2. The number of hydrogen-bond acceptors (Lipinski definition) is 2. The monoisotopic (exact) mass is 269 g/mol. The van der Waals surface area contributed by atoms with Crippen molar-refractivity contribution in [2.45, 2.75) is 12.5 Å². The van der Waals surface area contributed by atoms with E-state index in [1.165, 1.54) is 6.07 Å². The van der Waals surface area contributed by atoms with Gasteiger partial charge in [0.05, 0.1) is 6.04 Å². The molecule has 0 unspecified atom stereocenters. The maximum Gasteiger partial charge on any atom is 0.257 e. The molecule has 0 aliphatic carbocycles. The van der Waals surface area contributed by atoms with Gasteiger partial charge in [0.25, 0.3) is 6.43 Å². The number of hydrogen-bond donors (Lipinski definition) is 2. The molecule has 0 saturated carbocycles. The smallest absolute Gasteiger partial charge is 0.257 e. The van der Waals surface area contributed by atoms with Crippen LogP contribution in [0.3, 0.4) is 0 Å². The second-order valence-electron chi connectivity index (χ2n) is 2.65. The lowest BCUT2D eigenvalue weighted by Crippen LogP contribution is -2.19.